The van der Waals surface area contributed by atoms with Gasteiger partial charge >= 0.3 is 6.18 Å². The third-order valence-corrected chi connectivity index (χ3v) is 14.6. The highest BCUT2D eigenvalue weighted by molar-refractivity contribution is 6.15. The molecule has 0 N–H and O–H groups in total. The fraction of sp³-hybridized carbons (Fsp3) is 0.0290. The van der Waals surface area contributed by atoms with Crippen LogP contribution >= 0.6 is 0 Å². The van der Waals surface area contributed by atoms with Crippen molar-refractivity contribution < 1.29 is 13.2 Å². The van der Waals surface area contributed by atoms with Gasteiger partial charge in [-0.05, 0) is 141 Å². The first kappa shape index (κ1) is 45.2. The zero-order valence-corrected chi connectivity index (χ0v) is 40.6. The van der Waals surface area contributed by atoms with Crippen LogP contribution in [-0.2, 0) is 6.18 Å². The monoisotopic (exact) mass is 971 g/mol. The number of benzene rings is 11. The van der Waals surface area contributed by atoms with E-state index in [1.807, 2.05) is 115 Å². The van der Waals surface area contributed by atoms with Crippen molar-refractivity contribution in [1.82, 2.24) is 9.13 Å². The second-order valence-electron chi connectivity index (χ2n) is 19.1. The Labute approximate surface area is 432 Å². The lowest BCUT2D eigenvalue weighted by molar-refractivity contribution is -0.137. The minimum absolute atomic E-state index is 0.361. The Morgan fingerprint density at radius 3 is 1.09 bits per heavy atom. The first-order chi connectivity index (χ1) is 36.7. The molecule has 0 fully saturated rings. The lowest BCUT2D eigenvalue weighted by Gasteiger charge is -2.23. The largest absolute Gasteiger partial charge is 0.416 e. The van der Waals surface area contributed by atoms with Crippen molar-refractivity contribution in [2.45, 2.75) is 13.1 Å². The van der Waals surface area contributed by atoms with Gasteiger partial charge < -0.3 is 9.13 Å². The van der Waals surface area contributed by atoms with Crippen molar-refractivity contribution in [1.29, 1.82) is 0 Å². The zero-order valence-electron chi connectivity index (χ0n) is 40.6. The molecule has 356 valence electrons. The van der Waals surface area contributed by atoms with Gasteiger partial charge in [0.25, 0.3) is 0 Å². The quantitative estimate of drug-likeness (QED) is 0.135. The summed E-state index contributed by atoms with van der Waals surface area (Å²) < 4.78 is 49.3. The summed E-state index contributed by atoms with van der Waals surface area (Å²) in [5.41, 5.74) is 16.0. The Kier molecular flexibility index (Phi) is 10.9. The van der Waals surface area contributed by atoms with Crippen LogP contribution in [0.25, 0.3) is 127 Å². The van der Waals surface area contributed by atoms with Gasteiger partial charge in [-0.15, -0.1) is 0 Å². The summed E-state index contributed by atoms with van der Waals surface area (Å²) in [6.07, 6.45) is -4.60. The lowest BCUT2D eigenvalue weighted by Crippen LogP contribution is -2.06. The topological polar surface area (TPSA) is 14.2 Å². The normalized spacial score (nSPS) is 11.7. The average molecular weight is 972 g/mol. The molecule has 2 aromatic heterocycles. The smallest absolute Gasteiger partial charge is 0.310 e. The highest BCUT2D eigenvalue weighted by Gasteiger charge is 2.32. The summed E-state index contributed by atoms with van der Waals surface area (Å²) in [7, 11) is 0. The standard InChI is InChI=1S/C69H44F3N3/c1-44-37-53(39-54(38-44)69(70,71)72)55-25-15-27-65(74-61-33-29-49(45-17-7-3-8-18-45)40-56(61)57-41-50(30-34-62(57)74)46-19-9-4-10-20-46)67(55)68-60(73-2)26-16-28-66(68)75-63-35-31-51(47-21-11-5-12-22-47)42-58(63)59-43-52(32-36-64(59)75)48-23-13-6-14-24-48/h3-43H,1H3. The molecule has 0 saturated heterocycles. The van der Waals surface area contributed by atoms with Crippen LogP contribution in [-0.4, -0.2) is 9.13 Å². The van der Waals surface area contributed by atoms with E-state index in [-0.39, 0.29) is 0 Å². The fourth-order valence-corrected chi connectivity index (χ4v) is 11.2. The molecular formula is C69H44F3N3. The molecule has 3 nitrogen and oxygen atoms in total. The highest BCUT2D eigenvalue weighted by atomic mass is 19.4. The van der Waals surface area contributed by atoms with E-state index in [1.54, 1.807) is 6.92 Å². The van der Waals surface area contributed by atoms with Crippen LogP contribution in [0.1, 0.15) is 11.1 Å². The zero-order chi connectivity index (χ0) is 50.8. The number of fused-ring (bicyclic) bond motifs is 6. The van der Waals surface area contributed by atoms with Gasteiger partial charge in [-0.1, -0.05) is 176 Å². The Morgan fingerprint density at radius 1 is 0.347 bits per heavy atom. The molecule has 75 heavy (non-hydrogen) atoms. The molecule has 0 amide bonds. The second kappa shape index (κ2) is 18.1. The predicted octanol–water partition coefficient (Wildman–Crippen LogP) is 19.8. The van der Waals surface area contributed by atoms with Gasteiger partial charge in [0, 0.05) is 38.4 Å². The van der Waals surface area contributed by atoms with Crippen molar-refractivity contribution in [2.75, 3.05) is 0 Å². The maximum Gasteiger partial charge on any atom is 0.416 e. The number of rotatable bonds is 8. The van der Waals surface area contributed by atoms with E-state index in [4.69, 9.17) is 6.57 Å². The van der Waals surface area contributed by atoms with Crippen LogP contribution in [0.4, 0.5) is 18.9 Å². The van der Waals surface area contributed by atoms with E-state index in [1.165, 1.54) is 12.1 Å². The third-order valence-electron chi connectivity index (χ3n) is 14.6. The van der Waals surface area contributed by atoms with Gasteiger partial charge in [0.05, 0.1) is 39.9 Å². The summed E-state index contributed by atoms with van der Waals surface area (Å²) in [5.74, 6) is 0. The van der Waals surface area contributed by atoms with Crippen LogP contribution in [0.2, 0.25) is 0 Å². The van der Waals surface area contributed by atoms with E-state index >= 15 is 0 Å². The van der Waals surface area contributed by atoms with E-state index in [9.17, 15) is 13.2 Å². The van der Waals surface area contributed by atoms with E-state index in [2.05, 4.69) is 135 Å². The maximum absolute atomic E-state index is 14.9. The minimum atomic E-state index is -4.60. The summed E-state index contributed by atoms with van der Waals surface area (Å²) in [4.78, 5) is 4.28. The van der Waals surface area contributed by atoms with E-state index in [0.29, 0.717) is 33.5 Å². The molecule has 0 saturated carbocycles. The van der Waals surface area contributed by atoms with Crippen molar-refractivity contribution in [3.05, 3.63) is 271 Å². The number of alkyl halides is 3. The highest BCUT2D eigenvalue weighted by Crippen LogP contribution is 2.50. The Bertz CT molecular complexity index is 4200. The summed E-state index contributed by atoms with van der Waals surface area (Å²) in [5, 5.41) is 4.08. The van der Waals surface area contributed by atoms with Crippen LogP contribution in [0.15, 0.2) is 249 Å². The molecule has 0 radical (unpaired) electrons. The first-order valence-corrected chi connectivity index (χ1v) is 24.9. The number of aryl methyl sites for hydroxylation is 1. The molecule has 0 aliphatic carbocycles. The van der Waals surface area contributed by atoms with Gasteiger partial charge in [0.2, 0.25) is 0 Å². The number of hydrogen-bond acceptors (Lipinski definition) is 0. The fourth-order valence-electron chi connectivity index (χ4n) is 11.2. The molecule has 0 bridgehead atoms. The SMILES string of the molecule is [C-]#[N+]c1cccc(-n2c3ccc(-c4ccccc4)cc3c3cc(-c4ccccc4)ccc32)c1-c1c(-c2cc(C)cc(C(F)(F)F)c2)cccc1-n1c2ccc(-c3ccccc3)cc2c2cc(-c3ccccc3)ccc21. The predicted molar refractivity (Wildman–Crippen MR) is 304 cm³/mol. The summed E-state index contributed by atoms with van der Waals surface area (Å²) >= 11 is 0. The summed E-state index contributed by atoms with van der Waals surface area (Å²) in [6, 6.07) is 83.3. The molecule has 13 aromatic rings. The van der Waals surface area contributed by atoms with E-state index in [0.717, 1.165) is 99.5 Å². The van der Waals surface area contributed by atoms with Gasteiger partial charge in [-0.3, -0.25) is 0 Å². The van der Waals surface area contributed by atoms with Gasteiger partial charge in [0.1, 0.15) is 0 Å². The number of nitrogens with zero attached hydrogens (tertiary/aromatic N) is 3. The first-order valence-electron chi connectivity index (χ1n) is 24.9. The third kappa shape index (κ3) is 7.85. The van der Waals surface area contributed by atoms with Gasteiger partial charge in [-0.2, -0.15) is 13.2 Å². The van der Waals surface area contributed by atoms with Crippen LogP contribution < -0.4 is 0 Å². The van der Waals surface area contributed by atoms with Gasteiger partial charge in [0.15, 0.2) is 5.69 Å². The van der Waals surface area contributed by atoms with Crippen molar-refractivity contribution in [2.24, 2.45) is 0 Å². The second-order valence-corrected chi connectivity index (χ2v) is 19.1. The van der Waals surface area contributed by atoms with Crippen LogP contribution in [0.5, 0.6) is 0 Å². The molecule has 0 aliphatic heterocycles. The molecule has 11 aromatic carbocycles. The van der Waals surface area contributed by atoms with Crippen molar-refractivity contribution >= 4 is 49.3 Å². The average Bonchev–Trinajstić information content (AvgIpc) is 4.05. The molecule has 0 spiro atoms. The van der Waals surface area contributed by atoms with Crippen LogP contribution in [0, 0.1) is 13.5 Å². The number of halogens is 3. The van der Waals surface area contributed by atoms with Crippen molar-refractivity contribution in [3.63, 3.8) is 0 Å². The Morgan fingerprint density at radius 2 is 0.720 bits per heavy atom. The van der Waals surface area contributed by atoms with Crippen molar-refractivity contribution in [3.8, 4) is 78.1 Å². The molecule has 13 rings (SSSR count). The Hall–Kier alpha value is -9.70. The van der Waals surface area contributed by atoms with Crippen LogP contribution in [0.3, 0.4) is 0 Å². The molecule has 0 atom stereocenters. The molecule has 0 aliphatic rings. The Balaban J connectivity index is 1.16. The van der Waals surface area contributed by atoms with E-state index < -0.39 is 11.7 Å². The minimum Gasteiger partial charge on any atom is -0.310 e. The molecule has 6 heteroatoms. The maximum atomic E-state index is 14.9. The number of hydrogen-bond donors (Lipinski definition) is 0. The lowest BCUT2D eigenvalue weighted by atomic mass is 9.89. The molecule has 0 unspecified atom stereocenters. The number of aromatic nitrogens is 2. The summed E-state index contributed by atoms with van der Waals surface area (Å²) in [6.45, 7) is 10.6. The molecular weight excluding hydrogens is 928 g/mol. The molecule has 2 heterocycles. The van der Waals surface area contributed by atoms with Gasteiger partial charge in [-0.25, -0.2) is 4.85 Å².